The number of hydrogen-bond acceptors (Lipinski definition) is 4. The molecule has 4 heteroatoms. The summed E-state index contributed by atoms with van der Waals surface area (Å²) in [5, 5.41) is 3.08. The van der Waals surface area contributed by atoms with Crippen molar-refractivity contribution in [3.05, 3.63) is 0 Å². The third kappa shape index (κ3) is 3.74. The van der Waals surface area contributed by atoms with Crippen molar-refractivity contribution in [3.63, 3.8) is 0 Å². The van der Waals surface area contributed by atoms with Crippen LogP contribution in [0, 0.1) is 0 Å². The van der Waals surface area contributed by atoms with Crippen molar-refractivity contribution >= 4 is 5.97 Å². The summed E-state index contributed by atoms with van der Waals surface area (Å²) < 4.78 is 10.1. The van der Waals surface area contributed by atoms with E-state index in [0.717, 1.165) is 19.4 Å². The number of ether oxygens (including phenoxy) is 2. The van der Waals surface area contributed by atoms with Crippen molar-refractivity contribution in [1.82, 2.24) is 5.32 Å². The summed E-state index contributed by atoms with van der Waals surface area (Å²) in [6.45, 7) is 4.37. The van der Waals surface area contributed by atoms with Crippen LogP contribution in [0.1, 0.15) is 19.8 Å². The van der Waals surface area contributed by atoms with Crippen LogP contribution in [0.5, 0.6) is 0 Å². The van der Waals surface area contributed by atoms with Gasteiger partial charge in [0, 0.05) is 6.61 Å². The van der Waals surface area contributed by atoms with E-state index in [1.807, 2.05) is 6.92 Å². The van der Waals surface area contributed by atoms with Crippen molar-refractivity contribution in [2.45, 2.75) is 25.8 Å². The third-order valence-electron chi connectivity index (χ3n) is 2.02. The molecule has 4 nitrogen and oxygen atoms in total. The van der Waals surface area contributed by atoms with E-state index in [-0.39, 0.29) is 12.0 Å². The molecular formula is C9H17NO3. The highest BCUT2D eigenvalue weighted by Gasteiger charge is 2.22. The number of carbonyl (C=O) groups excluding carboxylic acids is 1. The van der Waals surface area contributed by atoms with E-state index < -0.39 is 0 Å². The minimum absolute atomic E-state index is 0.0818. The second-order valence-corrected chi connectivity index (χ2v) is 3.01. The maximum absolute atomic E-state index is 11.3. The van der Waals surface area contributed by atoms with E-state index >= 15 is 0 Å². The molecule has 0 radical (unpaired) electrons. The molecule has 1 saturated heterocycles. The fourth-order valence-corrected chi connectivity index (χ4v) is 1.33. The first-order chi connectivity index (χ1) is 6.34. The molecule has 0 unspecified atom stereocenters. The molecule has 1 rings (SSSR count). The van der Waals surface area contributed by atoms with Crippen LogP contribution in [0.2, 0.25) is 0 Å². The Morgan fingerprint density at radius 3 is 3.00 bits per heavy atom. The summed E-state index contributed by atoms with van der Waals surface area (Å²) in [4.78, 5) is 11.3. The highest BCUT2D eigenvalue weighted by Crippen LogP contribution is 2.06. The molecule has 76 valence electrons. The van der Waals surface area contributed by atoms with E-state index in [1.54, 1.807) is 0 Å². The molecule has 0 bridgehead atoms. The number of carbonyl (C=O) groups is 1. The van der Waals surface area contributed by atoms with E-state index in [0.29, 0.717) is 19.8 Å². The monoisotopic (exact) mass is 187 g/mol. The molecule has 0 aromatic heterocycles. The standard InChI is InChI=1S/C9H17NO3/c1-2-12-6-7-13-9(11)8-4-3-5-10-8/h8,10H,2-7H2,1H3/t8-/m1/s1. The van der Waals surface area contributed by atoms with Gasteiger partial charge in [-0.25, -0.2) is 0 Å². The van der Waals surface area contributed by atoms with Gasteiger partial charge in [0.25, 0.3) is 0 Å². The first-order valence-electron chi connectivity index (χ1n) is 4.82. The first-order valence-corrected chi connectivity index (χ1v) is 4.82. The Balaban J connectivity index is 2.03. The lowest BCUT2D eigenvalue weighted by molar-refractivity contribution is -0.147. The Morgan fingerprint density at radius 2 is 2.38 bits per heavy atom. The SMILES string of the molecule is CCOCCOC(=O)[C@H]1CCCN1. The van der Waals surface area contributed by atoms with Crippen molar-refractivity contribution in [1.29, 1.82) is 0 Å². The third-order valence-corrected chi connectivity index (χ3v) is 2.02. The smallest absolute Gasteiger partial charge is 0.323 e. The van der Waals surface area contributed by atoms with Gasteiger partial charge in [-0.1, -0.05) is 0 Å². The predicted octanol–water partition coefficient (Wildman–Crippen LogP) is 0.318. The zero-order valence-electron chi connectivity index (χ0n) is 8.04. The van der Waals surface area contributed by atoms with Crippen LogP contribution in [0.25, 0.3) is 0 Å². The zero-order chi connectivity index (χ0) is 9.52. The van der Waals surface area contributed by atoms with Crippen molar-refractivity contribution in [2.75, 3.05) is 26.4 Å². The first kappa shape index (κ1) is 10.5. The maximum Gasteiger partial charge on any atom is 0.323 e. The van der Waals surface area contributed by atoms with Crippen LogP contribution in [0.3, 0.4) is 0 Å². The Bertz CT molecular complexity index is 155. The van der Waals surface area contributed by atoms with Gasteiger partial charge >= 0.3 is 5.97 Å². The van der Waals surface area contributed by atoms with Crippen molar-refractivity contribution in [3.8, 4) is 0 Å². The van der Waals surface area contributed by atoms with Gasteiger partial charge < -0.3 is 14.8 Å². The van der Waals surface area contributed by atoms with Crippen molar-refractivity contribution < 1.29 is 14.3 Å². The minimum atomic E-state index is -0.141. The molecule has 0 saturated carbocycles. The number of esters is 1. The molecule has 0 aromatic carbocycles. The largest absolute Gasteiger partial charge is 0.462 e. The number of nitrogens with one attached hydrogen (secondary N) is 1. The zero-order valence-corrected chi connectivity index (χ0v) is 8.04. The van der Waals surface area contributed by atoms with E-state index in [1.165, 1.54) is 0 Å². The molecule has 0 aromatic rings. The van der Waals surface area contributed by atoms with Gasteiger partial charge in [-0.15, -0.1) is 0 Å². The summed E-state index contributed by atoms with van der Waals surface area (Å²) in [5.41, 5.74) is 0. The summed E-state index contributed by atoms with van der Waals surface area (Å²) in [6.07, 6.45) is 1.96. The molecule has 1 atom stereocenters. The predicted molar refractivity (Wildman–Crippen MR) is 48.5 cm³/mol. The molecule has 0 spiro atoms. The second-order valence-electron chi connectivity index (χ2n) is 3.01. The molecule has 1 N–H and O–H groups in total. The summed E-state index contributed by atoms with van der Waals surface area (Å²) in [5.74, 6) is -0.141. The average Bonchev–Trinajstić information content (AvgIpc) is 2.65. The summed E-state index contributed by atoms with van der Waals surface area (Å²) in [7, 11) is 0. The van der Waals surface area contributed by atoms with Gasteiger partial charge in [0.1, 0.15) is 12.6 Å². The second kappa shape index (κ2) is 5.94. The van der Waals surface area contributed by atoms with Crippen molar-refractivity contribution in [2.24, 2.45) is 0 Å². The fourth-order valence-electron chi connectivity index (χ4n) is 1.33. The highest BCUT2D eigenvalue weighted by molar-refractivity contribution is 5.76. The summed E-state index contributed by atoms with van der Waals surface area (Å²) >= 11 is 0. The Labute approximate surface area is 78.6 Å². The quantitative estimate of drug-likeness (QED) is 0.497. The summed E-state index contributed by atoms with van der Waals surface area (Å²) in [6, 6.07) is -0.0818. The lowest BCUT2D eigenvalue weighted by Gasteiger charge is -2.09. The van der Waals surface area contributed by atoms with Gasteiger partial charge in [0.15, 0.2) is 0 Å². The maximum atomic E-state index is 11.3. The van der Waals surface area contributed by atoms with Crippen LogP contribution < -0.4 is 5.32 Å². The minimum Gasteiger partial charge on any atom is -0.462 e. The lowest BCUT2D eigenvalue weighted by Crippen LogP contribution is -2.33. The molecule has 13 heavy (non-hydrogen) atoms. The Hall–Kier alpha value is -0.610. The van der Waals surface area contributed by atoms with Gasteiger partial charge in [-0.05, 0) is 26.3 Å². The highest BCUT2D eigenvalue weighted by atomic mass is 16.6. The fraction of sp³-hybridized carbons (Fsp3) is 0.889. The molecule has 1 heterocycles. The number of hydrogen-bond donors (Lipinski definition) is 1. The topological polar surface area (TPSA) is 47.6 Å². The van der Waals surface area contributed by atoms with E-state index in [9.17, 15) is 4.79 Å². The normalized spacial score (nSPS) is 21.8. The van der Waals surface area contributed by atoms with Crippen LogP contribution in [-0.2, 0) is 14.3 Å². The van der Waals surface area contributed by atoms with Crippen LogP contribution in [0.15, 0.2) is 0 Å². The molecule has 1 aliphatic rings. The van der Waals surface area contributed by atoms with E-state index in [4.69, 9.17) is 9.47 Å². The van der Waals surface area contributed by atoms with Crippen LogP contribution in [-0.4, -0.2) is 38.4 Å². The Kier molecular flexibility index (Phi) is 4.78. The van der Waals surface area contributed by atoms with Gasteiger partial charge in [0.2, 0.25) is 0 Å². The molecule has 1 fully saturated rings. The molecular weight excluding hydrogens is 170 g/mol. The average molecular weight is 187 g/mol. The number of rotatable bonds is 5. The molecule has 0 aliphatic carbocycles. The van der Waals surface area contributed by atoms with Gasteiger partial charge in [-0.3, -0.25) is 4.79 Å². The Morgan fingerprint density at radius 1 is 1.54 bits per heavy atom. The molecule has 0 amide bonds. The molecule has 1 aliphatic heterocycles. The van der Waals surface area contributed by atoms with E-state index in [2.05, 4.69) is 5.32 Å². The van der Waals surface area contributed by atoms with Crippen LogP contribution in [0.4, 0.5) is 0 Å². The van der Waals surface area contributed by atoms with Gasteiger partial charge in [-0.2, -0.15) is 0 Å². The van der Waals surface area contributed by atoms with Gasteiger partial charge in [0.05, 0.1) is 6.61 Å². The lowest BCUT2D eigenvalue weighted by atomic mass is 10.2. The van der Waals surface area contributed by atoms with Crippen LogP contribution >= 0.6 is 0 Å².